The molecule has 0 radical (unpaired) electrons. The van der Waals surface area contributed by atoms with Crippen LogP contribution in [0, 0.1) is 0 Å². The Hall–Kier alpha value is -2.90. The Morgan fingerprint density at radius 1 is 1.08 bits per heavy atom. The van der Waals surface area contributed by atoms with E-state index >= 15 is 0 Å². The molecule has 132 valence electrons. The molecule has 2 heterocycles. The maximum Gasteiger partial charge on any atom is 0.256 e. The van der Waals surface area contributed by atoms with E-state index in [1.54, 1.807) is 18.2 Å². The summed E-state index contributed by atoms with van der Waals surface area (Å²) in [7, 11) is -0.614. The number of nitrogens with zero attached hydrogens (tertiary/aromatic N) is 1. The number of aromatic nitrogens is 1. The maximum atomic E-state index is 12.4. The van der Waals surface area contributed by atoms with Crippen molar-refractivity contribution in [3.05, 3.63) is 59.8 Å². The van der Waals surface area contributed by atoms with Crippen molar-refractivity contribution < 1.29 is 13.2 Å². The number of hydrogen-bond donors (Lipinski definition) is 2. The first-order valence-corrected chi connectivity index (χ1v) is 9.48. The zero-order valence-electron chi connectivity index (χ0n) is 14.3. The fourth-order valence-electron chi connectivity index (χ4n) is 3.05. The van der Waals surface area contributed by atoms with E-state index in [9.17, 15) is 13.2 Å². The molecule has 0 fully saturated rings. The Kier molecular flexibility index (Phi) is 3.71. The van der Waals surface area contributed by atoms with Crippen LogP contribution in [0.4, 0.5) is 5.69 Å². The Balaban J connectivity index is 1.87. The summed E-state index contributed by atoms with van der Waals surface area (Å²) in [6.45, 7) is 0. The van der Waals surface area contributed by atoms with Gasteiger partial charge in [-0.05, 0) is 30.3 Å². The fraction of sp³-hybridized carbons (Fsp3) is 0.105. The van der Waals surface area contributed by atoms with Crippen LogP contribution in [0.1, 0.15) is 11.1 Å². The van der Waals surface area contributed by atoms with Crippen LogP contribution in [0.3, 0.4) is 0 Å². The molecule has 3 aromatic rings. The van der Waals surface area contributed by atoms with Crippen molar-refractivity contribution in [1.29, 1.82) is 0 Å². The Morgan fingerprint density at radius 2 is 1.85 bits per heavy atom. The first kappa shape index (κ1) is 16.6. The van der Waals surface area contributed by atoms with Crippen molar-refractivity contribution in [2.24, 2.45) is 0 Å². The van der Waals surface area contributed by atoms with Crippen molar-refractivity contribution in [3.63, 3.8) is 0 Å². The monoisotopic (exact) mass is 367 g/mol. The van der Waals surface area contributed by atoms with Gasteiger partial charge in [0.15, 0.2) is 0 Å². The summed E-state index contributed by atoms with van der Waals surface area (Å²) >= 11 is 0. The molecule has 0 spiro atoms. The Morgan fingerprint density at radius 3 is 2.62 bits per heavy atom. The number of aromatic amines is 1. The first-order valence-electron chi connectivity index (χ1n) is 8.04. The third kappa shape index (κ3) is 2.53. The van der Waals surface area contributed by atoms with Gasteiger partial charge in [-0.2, -0.15) is 0 Å². The van der Waals surface area contributed by atoms with Gasteiger partial charge >= 0.3 is 0 Å². The molecule has 6 nitrogen and oxygen atoms in total. The molecule has 1 aromatic heterocycles. The molecule has 1 amide bonds. The number of fused-ring (bicyclic) bond motifs is 2. The van der Waals surface area contributed by atoms with E-state index in [0.717, 1.165) is 20.8 Å². The molecule has 0 unspecified atom stereocenters. The molecule has 0 atom stereocenters. The van der Waals surface area contributed by atoms with Crippen LogP contribution in [0.25, 0.3) is 22.6 Å². The van der Waals surface area contributed by atoms with Gasteiger partial charge in [0, 0.05) is 53.6 Å². The molecule has 2 aromatic carbocycles. The van der Waals surface area contributed by atoms with Gasteiger partial charge in [0.25, 0.3) is 5.91 Å². The molecule has 26 heavy (non-hydrogen) atoms. The number of amides is 1. The van der Waals surface area contributed by atoms with Gasteiger partial charge in [-0.15, -0.1) is 0 Å². The number of benzene rings is 2. The summed E-state index contributed by atoms with van der Waals surface area (Å²) in [5.74, 6) is -0.246. The third-order valence-electron chi connectivity index (χ3n) is 4.47. The molecular formula is C19H17N3O3S. The van der Waals surface area contributed by atoms with E-state index in [4.69, 9.17) is 0 Å². The van der Waals surface area contributed by atoms with Gasteiger partial charge in [-0.25, -0.2) is 12.7 Å². The molecule has 1 aliphatic rings. The normalized spacial score (nSPS) is 15.7. The SMILES string of the molecule is CN(C)S(=O)(=O)c1ccc2c(c1)/C(=C\c1c[nH]c3ccccc13)C(=O)N2. The van der Waals surface area contributed by atoms with E-state index in [1.165, 1.54) is 20.2 Å². The third-order valence-corrected chi connectivity index (χ3v) is 6.28. The number of rotatable bonds is 3. The van der Waals surface area contributed by atoms with Gasteiger partial charge in [-0.1, -0.05) is 18.2 Å². The number of sulfonamides is 1. The van der Waals surface area contributed by atoms with Crippen molar-refractivity contribution in [1.82, 2.24) is 9.29 Å². The predicted molar refractivity (Wildman–Crippen MR) is 102 cm³/mol. The molecular weight excluding hydrogens is 350 g/mol. The second-order valence-electron chi connectivity index (χ2n) is 6.30. The fourth-order valence-corrected chi connectivity index (χ4v) is 3.98. The standard InChI is InChI=1S/C19H17N3O3S/c1-22(2)26(24,25)13-7-8-18-15(10-13)16(19(23)21-18)9-12-11-20-17-6-4-3-5-14(12)17/h3-11,20H,1-2H3,(H,21,23)/b16-9+. The second-order valence-corrected chi connectivity index (χ2v) is 8.45. The van der Waals surface area contributed by atoms with Gasteiger partial charge in [0.1, 0.15) is 0 Å². The van der Waals surface area contributed by atoms with Gasteiger partial charge in [0.05, 0.1) is 4.90 Å². The summed E-state index contributed by atoms with van der Waals surface area (Å²) in [4.78, 5) is 15.8. The Labute approximate surface area is 151 Å². The highest BCUT2D eigenvalue weighted by Gasteiger charge is 2.27. The van der Waals surface area contributed by atoms with Gasteiger partial charge < -0.3 is 10.3 Å². The summed E-state index contributed by atoms with van der Waals surface area (Å²) in [6, 6.07) is 12.5. The maximum absolute atomic E-state index is 12.4. The summed E-state index contributed by atoms with van der Waals surface area (Å²) < 4.78 is 26.0. The lowest BCUT2D eigenvalue weighted by Gasteiger charge is -2.12. The number of anilines is 1. The minimum Gasteiger partial charge on any atom is -0.361 e. The predicted octanol–water partition coefficient (Wildman–Crippen LogP) is 2.91. The molecule has 1 aliphatic heterocycles. The number of nitrogens with one attached hydrogen (secondary N) is 2. The number of H-pyrrole nitrogens is 1. The highest BCUT2D eigenvalue weighted by molar-refractivity contribution is 7.89. The lowest BCUT2D eigenvalue weighted by molar-refractivity contribution is -0.110. The Bertz CT molecular complexity index is 1170. The second kappa shape index (κ2) is 5.82. The quantitative estimate of drug-likeness (QED) is 0.698. The van der Waals surface area contributed by atoms with Crippen LogP contribution in [0.5, 0.6) is 0 Å². The summed E-state index contributed by atoms with van der Waals surface area (Å²) in [6.07, 6.45) is 3.62. The van der Waals surface area contributed by atoms with Gasteiger partial charge in [-0.3, -0.25) is 4.79 Å². The smallest absolute Gasteiger partial charge is 0.256 e. The zero-order chi connectivity index (χ0) is 18.5. The molecule has 2 N–H and O–H groups in total. The van der Waals surface area contributed by atoms with Crippen molar-refractivity contribution >= 4 is 44.2 Å². The topological polar surface area (TPSA) is 82.3 Å². The molecule has 7 heteroatoms. The minimum atomic E-state index is -3.58. The largest absolute Gasteiger partial charge is 0.361 e. The van der Waals surface area contributed by atoms with Crippen LogP contribution in [-0.4, -0.2) is 37.7 Å². The molecule has 4 rings (SSSR count). The molecule has 0 saturated carbocycles. The van der Waals surface area contributed by atoms with Crippen LogP contribution in [0.15, 0.2) is 53.6 Å². The number of para-hydroxylation sites is 1. The average molecular weight is 367 g/mol. The lowest BCUT2D eigenvalue weighted by Crippen LogP contribution is -2.22. The van der Waals surface area contributed by atoms with Crippen LogP contribution >= 0.6 is 0 Å². The minimum absolute atomic E-state index is 0.155. The molecule has 0 bridgehead atoms. The first-order chi connectivity index (χ1) is 12.4. The number of carbonyl (C=O) groups is 1. The lowest BCUT2D eigenvalue weighted by atomic mass is 10.0. The summed E-state index contributed by atoms with van der Waals surface area (Å²) in [5, 5.41) is 3.79. The molecule has 0 saturated heterocycles. The highest BCUT2D eigenvalue weighted by atomic mass is 32.2. The van der Waals surface area contributed by atoms with Crippen LogP contribution < -0.4 is 5.32 Å². The van der Waals surface area contributed by atoms with E-state index < -0.39 is 10.0 Å². The van der Waals surface area contributed by atoms with Crippen LogP contribution in [-0.2, 0) is 14.8 Å². The molecule has 0 aliphatic carbocycles. The van der Waals surface area contributed by atoms with Crippen molar-refractivity contribution in [3.8, 4) is 0 Å². The van der Waals surface area contributed by atoms with Crippen molar-refractivity contribution in [2.45, 2.75) is 4.90 Å². The van der Waals surface area contributed by atoms with E-state index in [-0.39, 0.29) is 10.8 Å². The van der Waals surface area contributed by atoms with Crippen molar-refractivity contribution in [2.75, 3.05) is 19.4 Å². The van der Waals surface area contributed by atoms with E-state index in [0.29, 0.717) is 16.8 Å². The van der Waals surface area contributed by atoms with E-state index in [1.807, 2.05) is 30.5 Å². The number of carbonyl (C=O) groups excluding carboxylic acids is 1. The highest BCUT2D eigenvalue weighted by Crippen LogP contribution is 2.36. The number of hydrogen-bond acceptors (Lipinski definition) is 3. The summed E-state index contributed by atoms with van der Waals surface area (Å²) in [5.41, 5.74) is 3.49. The van der Waals surface area contributed by atoms with E-state index in [2.05, 4.69) is 10.3 Å². The van der Waals surface area contributed by atoms with Crippen LogP contribution in [0.2, 0.25) is 0 Å². The van der Waals surface area contributed by atoms with Gasteiger partial charge in [0.2, 0.25) is 10.0 Å². The zero-order valence-corrected chi connectivity index (χ0v) is 15.1. The average Bonchev–Trinajstić information content (AvgIpc) is 3.16.